The quantitative estimate of drug-likeness (QED) is 0.629. The molecule has 1 aromatic heterocycles. The monoisotopic (exact) mass is 459 g/mol. The van der Waals surface area contributed by atoms with Crippen LogP contribution in [0.1, 0.15) is 32.6 Å². The lowest BCUT2D eigenvalue weighted by atomic mass is 10.2. The lowest BCUT2D eigenvalue weighted by Gasteiger charge is -2.20. The van der Waals surface area contributed by atoms with Crippen molar-refractivity contribution in [3.8, 4) is 0 Å². The van der Waals surface area contributed by atoms with E-state index in [9.17, 15) is 21.6 Å². The van der Waals surface area contributed by atoms with E-state index in [0.29, 0.717) is 24.4 Å². The van der Waals surface area contributed by atoms with Crippen LogP contribution >= 0.6 is 11.3 Å². The largest absolute Gasteiger partial charge is 0.301 e. The predicted octanol–water partition coefficient (Wildman–Crippen LogP) is 1.86. The van der Waals surface area contributed by atoms with Crippen molar-refractivity contribution in [3.05, 3.63) is 24.3 Å². The first-order valence-electron chi connectivity index (χ1n) is 8.93. The van der Waals surface area contributed by atoms with Crippen molar-refractivity contribution in [3.63, 3.8) is 0 Å². The first kappa shape index (κ1) is 21.6. The molecule has 3 rings (SSSR count). The molecule has 1 aliphatic heterocycles. The summed E-state index contributed by atoms with van der Waals surface area (Å²) < 4.78 is 53.9. The fourth-order valence-electron chi connectivity index (χ4n) is 2.84. The van der Waals surface area contributed by atoms with Crippen LogP contribution in [0, 0.1) is 0 Å². The zero-order valence-corrected chi connectivity index (χ0v) is 18.1. The SMILES string of the molecule is CC(=O)Nc1nnc(S(=O)(=O)Nc2ccc(S(=O)(=O)N3CCCCCC3)cc2)s1. The Morgan fingerprint density at radius 2 is 1.62 bits per heavy atom. The Morgan fingerprint density at radius 1 is 1.00 bits per heavy atom. The van der Waals surface area contributed by atoms with Crippen molar-refractivity contribution >= 4 is 48.1 Å². The number of hydrogen-bond acceptors (Lipinski definition) is 8. The molecule has 2 aromatic rings. The molecule has 158 valence electrons. The summed E-state index contributed by atoms with van der Waals surface area (Å²) in [6, 6.07) is 5.53. The second-order valence-electron chi connectivity index (χ2n) is 6.50. The van der Waals surface area contributed by atoms with Gasteiger partial charge in [-0.3, -0.25) is 9.52 Å². The lowest BCUT2D eigenvalue weighted by Crippen LogP contribution is -2.31. The topological polar surface area (TPSA) is 138 Å². The van der Waals surface area contributed by atoms with E-state index in [-0.39, 0.29) is 26.0 Å². The third-order valence-electron chi connectivity index (χ3n) is 4.23. The molecule has 0 unspecified atom stereocenters. The van der Waals surface area contributed by atoms with Crippen molar-refractivity contribution in [1.82, 2.24) is 14.5 Å². The van der Waals surface area contributed by atoms with E-state index in [0.717, 1.165) is 25.7 Å². The predicted molar refractivity (Wildman–Crippen MR) is 109 cm³/mol. The van der Waals surface area contributed by atoms with Gasteiger partial charge in [-0.2, -0.15) is 12.7 Å². The van der Waals surface area contributed by atoms with Gasteiger partial charge in [0.15, 0.2) is 0 Å². The van der Waals surface area contributed by atoms with Crippen molar-refractivity contribution in [1.29, 1.82) is 0 Å². The molecule has 2 heterocycles. The molecule has 0 bridgehead atoms. The van der Waals surface area contributed by atoms with Gasteiger partial charge in [0.25, 0.3) is 14.4 Å². The molecule has 2 N–H and O–H groups in total. The number of carbonyl (C=O) groups is 1. The highest BCUT2D eigenvalue weighted by molar-refractivity contribution is 7.94. The smallest absolute Gasteiger partial charge is 0.291 e. The van der Waals surface area contributed by atoms with Gasteiger partial charge in [-0.05, 0) is 37.1 Å². The number of carbonyl (C=O) groups excluding carboxylic acids is 1. The first-order chi connectivity index (χ1) is 13.7. The highest BCUT2D eigenvalue weighted by atomic mass is 32.2. The van der Waals surface area contributed by atoms with Crippen LogP contribution in [0.25, 0.3) is 0 Å². The number of amides is 1. The molecule has 0 aliphatic carbocycles. The molecular weight excluding hydrogens is 438 g/mol. The number of sulfonamides is 2. The molecule has 13 heteroatoms. The molecule has 1 fully saturated rings. The molecule has 29 heavy (non-hydrogen) atoms. The minimum atomic E-state index is -4.02. The highest BCUT2D eigenvalue weighted by Gasteiger charge is 2.26. The van der Waals surface area contributed by atoms with Gasteiger partial charge < -0.3 is 5.32 Å². The number of anilines is 2. The maximum atomic E-state index is 12.8. The van der Waals surface area contributed by atoms with Crippen LogP contribution < -0.4 is 10.0 Å². The van der Waals surface area contributed by atoms with E-state index < -0.39 is 20.0 Å². The third kappa shape index (κ3) is 5.29. The van der Waals surface area contributed by atoms with Gasteiger partial charge >= 0.3 is 0 Å². The van der Waals surface area contributed by atoms with E-state index in [1.165, 1.54) is 35.5 Å². The molecule has 0 radical (unpaired) electrons. The van der Waals surface area contributed by atoms with Gasteiger partial charge in [0.1, 0.15) is 0 Å². The minimum Gasteiger partial charge on any atom is -0.301 e. The Bertz CT molecular complexity index is 1070. The molecule has 0 saturated carbocycles. The number of benzene rings is 1. The van der Waals surface area contributed by atoms with Crippen LogP contribution in [0.15, 0.2) is 33.5 Å². The van der Waals surface area contributed by atoms with Crippen LogP contribution in [0.4, 0.5) is 10.8 Å². The summed E-state index contributed by atoms with van der Waals surface area (Å²) >= 11 is 0.708. The minimum absolute atomic E-state index is 0.0665. The molecule has 1 saturated heterocycles. The van der Waals surface area contributed by atoms with Crippen LogP contribution in [-0.2, 0) is 24.8 Å². The zero-order chi connectivity index (χ0) is 21.1. The van der Waals surface area contributed by atoms with Gasteiger partial charge in [0, 0.05) is 25.7 Å². The van der Waals surface area contributed by atoms with Crippen LogP contribution in [0.2, 0.25) is 0 Å². The molecule has 0 atom stereocenters. The second kappa shape index (κ2) is 8.73. The summed E-state index contributed by atoms with van der Waals surface area (Å²) in [5.74, 6) is -0.390. The van der Waals surface area contributed by atoms with Gasteiger partial charge in [0.05, 0.1) is 4.90 Å². The number of hydrogen-bond donors (Lipinski definition) is 2. The summed E-state index contributed by atoms with van der Waals surface area (Å²) in [7, 11) is -7.63. The standard InChI is InChI=1S/C16H21N5O5S3/c1-12(22)17-15-18-19-16(27-15)28(23,24)20-13-6-8-14(9-7-13)29(25,26)21-10-4-2-3-5-11-21/h6-9,20H,2-5,10-11H2,1H3,(H,17,18,22). The fraction of sp³-hybridized carbons (Fsp3) is 0.438. The summed E-state index contributed by atoms with van der Waals surface area (Å²) in [5, 5.41) is 9.60. The van der Waals surface area contributed by atoms with E-state index in [1.807, 2.05) is 0 Å². The lowest BCUT2D eigenvalue weighted by molar-refractivity contribution is -0.114. The molecule has 1 aromatic carbocycles. The Balaban J connectivity index is 1.74. The van der Waals surface area contributed by atoms with Gasteiger partial charge in [-0.1, -0.05) is 24.2 Å². The highest BCUT2D eigenvalue weighted by Crippen LogP contribution is 2.25. The molecule has 1 amide bonds. The second-order valence-corrected chi connectivity index (χ2v) is 11.3. The summed E-state index contributed by atoms with van der Waals surface area (Å²) in [6.07, 6.45) is 3.70. The Kier molecular flexibility index (Phi) is 6.51. The third-order valence-corrected chi connectivity index (χ3v) is 8.73. The van der Waals surface area contributed by atoms with Gasteiger partial charge in [-0.15, -0.1) is 10.2 Å². The van der Waals surface area contributed by atoms with E-state index in [2.05, 4.69) is 20.2 Å². The van der Waals surface area contributed by atoms with Crippen molar-refractivity contribution in [2.45, 2.75) is 41.8 Å². The van der Waals surface area contributed by atoms with Crippen LogP contribution in [0.5, 0.6) is 0 Å². The number of nitrogens with one attached hydrogen (secondary N) is 2. The van der Waals surface area contributed by atoms with Gasteiger partial charge in [0.2, 0.25) is 21.1 Å². The Labute approximate surface area is 173 Å². The average molecular weight is 460 g/mol. The van der Waals surface area contributed by atoms with Crippen molar-refractivity contribution in [2.75, 3.05) is 23.1 Å². The Morgan fingerprint density at radius 3 is 2.21 bits per heavy atom. The van der Waals surface area contributed by atoms with Crippen LogP contribution in [0.3, 0.4) is 0 Å². The van der Waals surface area contributed by atoms with E-state index >= 15 is 0 Å². The fourth-order valence-corrected chi connectivity index (χ4v) is 6.37. The number of rotatable bonds is 6. The van der Waals surface area contributed by atoms with Crippen molar-refractivity contribution in [2.24, 2.45) is 0 Å². The molecule has 10 nitrogen and oxygen atoms in total. The van der Waals surface area contributed by atoms with Gasteiger partial charge in [-0.25, -0.2) is 8.42 Å². The summed E-state index contributed by atoms with van der Waals surface area (Å²) in [4.78, 5) is 11.1. The maximum Gasteiger partial charge on any atom is 0.291 e. The molecule has 1 aliphatic rings. The number of aromatic nitrogens is 2. The van der Waals surface area contributed by atoms with Crippen LogP contribution in [-0.4, -0.2) is 50.3 Å². The van der Waals surface area contributed by atoms with Crippen molar-refractivity contribution < 1.29 is 21.6 Å². The zero-order valence-electron chi connectivity index (χ0n) is 15.7. The van der Waals surface area contributed by atoms with E-state index in [1.54, 1.807) is 0 Å². The summed E-state index contributed by atoms with van der Waals surface area (Å²) in [5.41, 5.74) is 0.191. The molecule has 0 spiro atoms. The molecular formula is C16H21N5O5S3. The maximum absolute atomic E-state index is 12.8. The average Bonchev–Trinajstić information content (AvgIpc) is 2.94. The summed E-state index contributed by atoms with van der Waals surface area (Å²) in [6.45, 7) is 2.25. The normalized spacial score (nSPS) is 16.2. The Hall–Kier alpha value is -2.09. The van der Waals surface area contributed by atoms with E-state index in [4.69, 9.17) is 0 Å². The first-order valence-corrected chi connectivity index (χ1v) is 12.7. The number of nitrogens with zero attached hydrogens (tertiary/aromatic N) is 3.